The van der Waals surface area contributed by atoms with Crippen molar-refractivity contribution < 1.29 is 40.5 Å². The molecular weight excluding hydrogens is 420 g/mol. The summed E-state index contributed by atoms with van der Waals surface area (Å²) in [6.45, 7) is 3.87. The molecule has 0 aliphatic heterocycles. The molecule has 164 valence electrons. The van der Waals surface area contributed by atoms with E-state index in [-0.39, 0.29) is 11.9 Å². The first-order valence-electron chi connectivity index (χ1n) is 8.52. The number of benzene rings is 1. The van der Waals surface area contributed by atoms with Crippen molar-refractivity contribution in [1.82, 2.24) is 10.1 Å². The number of amides is 2. The Labute approximate surface area is 166 Å². The van der Waals surface area contributed by atoms with Gasteiger partial charge in [-0.15, -0.1) is 0 Å². The number of halogens is 6. The van der Waals surface area contributed by atoms with Gasteiger partial charge in [-0.3, -0.25) is 9.59 Å². The maximum atomic E-state index is 13.0. The predicted octanol–water partition coefficient (Wildman–Crippen LogP) is 4.51. The van der Waals surface area contributed by atoms with Gasteiger partial charge in [0, 0.05) is 17.7 Å². The number of aromatic nitrogens is 1. The van der Waals surface area contributed by atoms with Gasteiger partial charge in [-0.2, -0.15) is 26.3 Å². The van der Waals surface area contributed by atoms with Crippen LogP contribution in [0.5, 0.6) is 0 Å². The summed E-state index contributed by atoms with van der Waals surface area (Å²) in [5, 5.41) is 5.86. The minimum atomic E-state index is -5.10. The molecule has 0 radical (unpaired) electrons. The second-order valence-corrected chi connectivity index (χ2v) is 6.69. The van der Waals surface area contributed by atoms with Crippen LogP contribution in [0.3, 0.4) is 0 Å². The van der Waals surface area contributed by atoms with Gasteiger partial charge in [0.05, 0.1) is 11.1 Å². The van der Waals surface area contributed by atoms with Crippen molar-refractivity contribution in [1.29, 1.82) is 0 Å². The van der Waals surface area contributed by atoms with Crippen molar-refractivity contribution in [3.63, 3.8) is 0 Å². The van der Waals surface area contributed by atoms with Crippen molar-refractivity contribution in [2.45, 2.75) is 39.2 Å². The molecule has 1 N–H and O–H groups in total. The van der Waals surface area contributed by atoms with Gasteiger partial charge in [0.15, 0.2) is 5.82 Å². The molecule has 1 heterocycles. The monoisotopic (exact) mass is 437 g/mol. The fourth-order valence-electron chi connectivity index (χ4n) is 2.50. The number of alkyl halides is 6. The third kappa shape index (κ3) is 5.74. The molecule has 30 heavy (non-hydrogen) atoms. The summed E-state index contributed by atoms with van der Waals surface area (Å²) in [6.07, 6.45) is -10.2. The molecule has 0 aliphatic carbocycles. The van der Waals surface area contributed by atoms with Crippen LogP contribution < -0.4 is 5.32 Å². The highest BCUT2D eigenvalue weighted by Crippen LogP contribution is 2.36. The lowest BCUT2D eigenvalue weighted by Gasteiger charge is -2.26. The molecule has 12 heteroatoms. The van der Waals surface area contributed by atoms with Crippen molar-refractivity contribution in [3.8, 4) is 0 Å². The van der Waals surface area contributed by atoms with E-state index in [9.17, 15) is 35.9 Å². The van der Waals surface area contributed by atoms with E-state index in [1.165, 1.54) is 19.9 Å². The number of rotatable bonds is 5. The second kappa shape index (κ2) is 8.36. The van der Waals surface area contributed by atoms with Crippen LogP contribution in [0.1, 0.15) is 41.1 Å². The van der Waals surface area contributed by atoms with Crippen LogP contribution in [0, 0.1) is 6.92 Å². The quantitative estimate of drug-likeness (QED) is 0.699. The third-order valence-electron chi connectivity index (χ3n) is 3.93. The molecular formula is C18H17F6N3O3. The van der Waals surface area contributed by atoms with Crippen LogP contribution in [0.15, 0.2) is 28.8 Å². The average molecular weight is 437 g/mol. The van der Waals surface area contributed by atoms with Crippen LogP contribution in [0.25, 0.3) is 0 Å². The zero-order valence-electron chi connectivity index (χ0n) is 16.0. The van der Waals surface area contributed by atoms with Gasteiger partial charge in [0.25, 0.3) is 5.91 Å². The Kier molecular flexibility index (Phi) is 6.48. The van der Waals surface area contributed by atoms with Crippen molar-refractivity contribution in [2.24, 2.45) is 0 Å². The number of hydrogen-bond donors (Lipinski definition) is 1. The van der Waals surface area contributed by atoms with Crippen molar-refractivity contribution in [2.75, 3.05) is 11.9 Å². The molecule has 0 bridgehead atoms. The molecule has 2 rings (SSSR count). The van der Waals surface area contributed by atoms with Gasteiger partial charge in [-0.25, -0.2) is 0 Å². The highest BCUT2D eigenvalue weighted by molar-refractivity contribution is 5.99. The second-order valence-electron chi connectivity index (χ2n) is 6.69. The third-order valence-corrected chi connectivity index (χ3v) is 3.93. The minimum Gasteiger partial charge on any atom is -0.360 e. The minimum absolute atomic E-state index is 0.0482. The first-order valence-corrected chi connectivity index (χ1v) is 8.52. The zero-order chi connectivity index (χ0) is 22.9. The molecule has 2 aromatic rings. The van der Waals surface area contributed by atoms with Crippen LogP contribution in [0.2, 0.25) is 0 Å². The summed E-state index contributed by atoms with van der Waals surface area (Å²) in [7, 11) is 0. The number of nitrogens with one attached hydrogen (secondary N) is 1. The molecule has 0 atom stereocenters. The number of carbonyl (C=O) groups excluding carboxylic acids is 2. The maximum absolute atomic E-state index is 13.0. The van der Waals surface area contributed by atoms with Crippen molar-refractivity contribution in [3.05, 3.63) is 46.7 Å². The van der Waals surface area contributed by atoms with Gasteiger partial charge in [0.1, 0.15) is 12.3 Å². The number of nitrogens with zero attached hydrogens (tertiary/aromatic N) is 2. The molecule has 6 nitrogen and oxygen atoms in total. The normalized spacial score (nSPS) is 12.2. The Morgan fingerprint density at radius 3 is 1.97 bits per heavy atom. The summed E-state index contributed by atoms with van der Waals surface area (Å²) in [5.41, 5.74) is -4.07. The first-order chi connectivity index (χ1) is 13.7. The van der Waals surface area contributed by atoms with E-state index in [0.29, 0.717) is 17.9 Å². The summed E-state index contributed by atoms with van der Waals surface area (Å²) in [5.74, 6) is -1.47. The molecule has 0 unspecified atom stereocenters. The van der Waals surface area contributed by atoms with E-state index >= 15 is 0 Å². The SMILES string of the molecule is Cc1cc(NC(=O)CN(C(=O)c2cc(C(F)(F)F)cc(C(F)(F)F)c2)C(C)C)no1. The lowest BCUT2D eigenvalue weighted by atomic mass is 10.0. The smallest absolute Gasteiger partial charge is 0.360 e. The lowest BCUT2D eigenvalue weighted by molar-refractivity contribution is -0.143. The van der Waals surface area contributed by atoms with Crippen LogP contribution in [-0.4, -0.2) is 34.5 Å². The van der Waals surface area contributed by atoms with Crippen LogP contribution >= 0.6 is 0 Å². The molecule has 1 aromatic heterocycles. The van der Waals surface area contributed by atoms with E-state index in [4.69, 9.17) is 4.52 Å². The zero-order valence-corrected chi connectivity index (χ0v) is 16.0. The molecule has 2 amide bonds. The maximum Gasteiger partial charge on any atom is 0.416 e. The lowest BCUT2D eigenvalue weighted by Crippen LogP contribution is -2.42. The average Bonchev–Trinajstić information content (AvgIpc) is 3.01. The number of carbonyl (C=O) groups is 2. The highest BCUT2D eigenvalue weighted by atomic mass is 19.4. The predicted molar refractivity (Wildman–Crippen MR) is 92.5 cm³/mol. The number of anilines is 1. The van der Waals surface area contributed by atoms with E-state index in [1.807, 2.05) is 0 Å². The Balaban J connectivity index is 2.35. The van der Waals surface area contributed by atoms with E-state index in [1.54, 1.807) is 6.92 Å². The van der Waals surface area contributed by atoms with Crippen LogP contribution in [-0.2, 0) is 17.1 Å². The molecule has 0 saturated heterocycles. The Hall–Kier alpha value is -3.05. The van der Waals surface area contributed by atoms with Gasteiger partial charge < -0.3 is 14.7 Å². The highest BCUT2D eigenvalue weighted by Gasteiger charge is 2.38. The summed E-state index contributed by atoms with van der Waals surface area (Å²) < 4.78 is 83.0. The van der Waals surface area contributed by atoms with Crippen molar-refractivity contribution >= 4 is 17.6 Å². The molecule has 0 spiro atoms. The number of hydrogen-bond acceptors (Lipinski definition) is 4. The van der Waals surface area contributed by atoms with E-state index in [2.05, 4.69) is 10.5 Å². The fraction of sp³-hybridized carbons (Fsp3) is 0.389. The number of aryl methyl sites for hydroxylation is 1. The van der Waals surface area contributed by atoms with E-state index < -0.39 is 53.4 Å². The van der Waals surface area contributed by atoms with Gasteiger partial charge in [-0.05, 0) is 39.0 Å². The fourth-order valence-corrected chi connectivity index (χ4v) is 2.50. The Morgan fingerprint density at radius 1 is 1.03 bits per heavy atom. The van der Waals surface area contributed by atoms with E-state index in [0.717, 1.165) is 4.90 Å². The van der Waals surface area contributed by atoms with Crippen LogP contribution in [0.4, 0.5) is 32.2 Å². The Bertz CT molecular complexity index is 902. The molecule has 0 aliphatic rings. The largest absolute Gasteiger partial charge is 0.416 e. The summed E-state index contributed by atoms with van der Waals surface area (Å²) in [6, 6.07) is 1.27. The first kappa shape index (κ1) is 23.2. The standard InChI is InChI=1S/C18H17F6N3O3/c1-9(2)27(8-15(28)25-14-4-10(3)30-26-14)16(29)11-5-12(17(19,20)21)7-13(6-11)18(22,23)24/h4-7,9H,8H2,1-3H3,(H,25,26,28). The summed E-state index contributed by atoms with van der Waals surface area (Å²) in [4.78, 5) is 25.7. The topological polar surface area (TPSA) is 75.4 Å². The molecule has 0 saturated carbocycles. The Morgan fingerprint density at radius 2 is 1.57 bits per heavy atom. The van der Waals surface area contributed by atoms with Gasteiger partial charge in [0.2, 0.25) is 5.91 Å². The summed E-state index contributed by atoms with van der Waals surface area (Å²) >= 11 is 0. The van der Waals surface area contributed by atoms with Gasteiger partial charge in [-0.1, -0.05) is 5.16 Å². The molecule has 1 aromatic carbocycles. The molecule has 0 fully saturated rings. The van der Waals surface area contributed by atoms with Gasteiger partial charge >= 0.3 is 12.4 Å².